The molecule has 0 aliphatic heterocycles. The van der Waals surface area contributed by atoms with E-state index >= 15 is 0 Å². The second kappa shape index (κ2) is 4.07. The quantitative estimate of drug-likeness (QED) is 0.644. The summed E-state index contributed by atoms with van der Waals surface area (Å²) >= 11 is 0. The molecule has 1 rings (SSSR count). The van der Waals surface area contributed by atoms with Crippen molar-refractivity contribution in [2.45, 2.75) is 45.3 Å². The lowest BCUT2D eigenvalue weighted by Gasteiger charge is -2.17. The lowest BCUT2D eigenvalue weighted by molar-refractivity contribution is 0.147. The van der Waals surface area contributed by atoms with Gasteiger partial charge in [0.15, 0.2) is 0 Å². The van der Waals surface area contributed by atoms with E-state index in [9.17, 15) is 5.11 Å². The van der Waals surface area contributed by atoms with Gasteiger partial charge < -0.3 is 10.4 Å². The van der Waals surface area contributed by atoms with E-state index < -0.39 is 0 Å². The van der Waals surface area contributed by atoms with Crippen LogP contribution in [0.1, 0.15) is 33.1 Å². The van der Waals surface area contributed by atoms with Crippen LogP contribution in [0.15, 0.2) is 0 Å². The summed E-state index contributed by atoms with van der Waals surface area (Å²) in [5.74, 6) is 0.683. The van der Waals surface area contributed by atoms with Gasteiger partial charge in [-0.3, -0.25) is 0 Å². The van der Waals surface area contributed by atoms with Crippen molar-refractivity contribution in [3.63, 3.8) is 0 Å². The molecule has 0 unspecified atom stereocenters. The molecular formula is C9H19NO. The number of hydrogen-bond acceptors (Lipinski definition) is 2. The maximum absolute atomic E-state index is 9.44. The van der Waals surface area contributed by atoms with Gasteiger partial charge in [0.25, 0.3) is 0 Å². The van der Waals surface area contributed by atoms with Crippen LogP contribution in [0.25, 0.3) is 0 Å². The topological polar surface area (TPSA) is 32.3 Å². The Hall–Kier alpha value is -0.0800. The maximum Gasteiger partial charge on any atom is 0.0693 e. The number of aliphatic hydroxyl groups excluding tert-OH is 1. The summed E-state index contributed by atoms with van der Waals surface area (Å²) in [5, 5.41) is 12.8. The van der Waals surface area contributed by atoms with Gasteiger partial charge in [-0.2, -0.15) is 0 Å². The molecule has 0 heterocycles. The first-order valence-electron chi connectivity index (χ1n) is 4.61. The van der Waals surface area contributed by atoms with Crippen LogP contribution in [-0.4, -0.2) is 23.8 Å². The van der Waals surface area contributed by atoms with E-state index in [0.29, 0.717) is 12.0 Å². The zero-order chi connectivity index (χ0) is 8.27. The number of rotatable bonds is 3. The monoisotopic (exact) mass is 157 g/mol. The van der Waals surface area contributed by atoms with Gasteiger partial charge in [-0.15, -0.1) is 0 Å². The summed E-state index contributed by atoms with van der Waals surface area (Å²) in [5.41, 5.74) is 0. The molecular weight excluding hydrogens is 138 g/mol. The smallest absolute Gasteiger partial charge is 0.0693 e. The SMILES string of the molecule is CC(C)CN[C@@H]1CCC[C@H]1O. The second-order valence-electron chi connectivity index (χ2n) is 3.91. The van der Waals surface area contributed by atoms with E-state index in [1.807, 2.05) is 0 Å². The molecule has 2 N–H and O–H groups in total. The zero-order valence-electron chi connectivity index (χ0n) is 7.51. The lowest BCUT2D eigenvalue weighted by atomic mass is 10.1. The summed E-state index contributed by atoms with van der Waals surface area (Å²) < 4.78 is 0. The van der Waals surface area contributed by atoms with Gasteiger partial charge in [0.1, 0.15) is 0 Å². The van der Waals surface area contributed by atoms with Crippen LogP contribution in [0.2, 0.25) is 0 Å². The highest BCUT2D eigenvalue weighted by Crippen LogP contribution is 2.18. The molecule has 0 amide bonds. The highest BCUT2D eigenvalue weighted by Gasteiger charge is 2.24. The molecule has 0 aromatic heterocycles. The van der Waals surface area contributed by atoms with Crippen molar-refractivity contribution in [3.8, 4) is 0 Å². The fourth-order valence-electron chi connectivity index (χ4n) is 1.57. The summed E-state index contributed by atoms with van der Waals surface area (Å²) in [4.78, 5) is 0. The Labute approximate surface area is 69.0 Å². The Morgan fingerprint density at radius 2 is 2.18 bits per heavy atom. The molecule has 0 aromatic carbocycles. The van der Waals surface area contributed by atoms with Crippen LogP contribution < -0.4 is 5.32 Å². The average molecular weight is 157 g/mol. The van der Waals surface area contributed by atoms with Gasteiger partial charge in [-0.25, -0.2) is 0 Å². The fraction of sp³-hybridized carbons (Fsp3) is 1.00. The predicted octanol–water partition coefficient (Wildman–Crippen LogP) is 1.15. The molecule has 2 atom stereocenters. The van der Waals surface area contributed by atoms with Crippen molar-refractivity contribution in [1.29, 1.82) is 0 Å². The standard InChI is InChI=1S/C9H19NO/c1-7(2)6-10-8-4-3-5-9(8)11/h7-11H,3-6H2,1-2H3/t8-,9-/m1/s1. The van der Waals surface area contributed by atoms with E-state index in [-0.39, 0.29) is 6.10 Å². The van der Waals surface area contributed by atoms with Crippen LogP contribution in [0.3, 0.4) is 0 Å². The number of hydrogen-bond donors (Lipinski definition) is 2. The van der Waals surface area contributed by atoms with Gasteiger partial charge in [0.05, 0.1) is 6.10 Å². The van der Waals surface area contributed by atoms with Gasteiger partial charge in [-0.05, 0) is 31.7 Å². The number of nitrogens with one attached hydrogen (secondary N) is 1. The highest BCUT2D eigenvalue weighted by atomic mass is 16.3. The zero-order valence-corrected chi connectivity index (χ0v) is 7.51. The third-order valence-electron chi connectivity index (χ3n) is 2.27. The summed E-state index contributed by atoms with van der Waals surface area (Å²) in [6, 6.07) is 0.373. The van der Waals surface area contributed by atoms with Gasteiger partial charge >= 0.3 is 0 Å². The molecule has 1 aliphatic carbocycles. The van der Waals surface area contributed by atoms with Gasteiger partial charge in [0.2, 0.25) is 0 Å². The van der Waals surface area contributed by atoms with Crippen molar-refractivity contribution >= 4 is 0 Å². The van der Waals surface area contributed by atoms with E-state index in [1.54, 1.807) is 0 Å². The van der Waals surface area contributed by atoms with Crippen molar-refractivity contribution in [1.82, 2.24) is 5.32 Å². The maximum atomic E-state index is 9.44. The van der Waals surface area contributed by atoms with Crippen molar-refractivity contribution < 1.29 is 5.11 Å². The summed E-state index contributed by atoms with van der Waals surface area (Å²) in [7, 11) is 0. The summed E-state index contributed by atoms with van der Waals surface area (Å²) in [6.07, 6.45) is 3.22. The molecule has 1 saturated carbocycles. The van der Waals surface area contributed by atoms with Crippen LogP contribution >= 0.6 is 0 Å². The van der Waals surface area contributed by atoms with Crippen molar-refractivity contribution in [3.05, 3.63) is 0 Å². The molecule has 0 radical (unpaired) electrons. The fourth-order valence-corrected chi connectivity index (χ4v) is 1.57. The van der Waals surface area contributed by atoms with E-state index in [4.69, 9.17) is 0 Å². The molecule has 0 saturated heterocycles. The first-order chi connectivity index (χ1) is 5.20. The minimum Gasteiger partial charge on any atom is -0.392 e. The first-order valence-corrected chi connectivity index (χ1v) is 4.61. The molecule has 1 aliphatic rings. The second-order valence-corrected chi connectivity index (χ2v) is 3.91. The molecule has 2 nitrogen and oxygen atoms in total. The van der Waals surface area contributed by atoms with E-state index in [2.05, 4.69) is 19.2 Å². The van der Waals surface area contributed by atoms with Gasteiger partial charge in [-0.1, -0.05) is 13.8 Å². The third kappa shape index (κ3) is 2.80. The number of aliphatic hydroxyl groups is 1. The van der Waals surface area contributed by atoms with Crippen LogP contribution in [-0.2, 0) is 0 Å². The van der Waals surface area contributed by atoms with Crippen molar-refractivity contribution in [2.75, 3.05) is 6.54 Å². The molecule has 11 heavy (non-hydrogen) atoms. The van der Waals surface area contributed by atoms with Gasteiger partial charge in [0, 0.05) is 6.04 Å². The largest absolute Gasteiger partial charge is 0.392 e. The Morgan fingerprint density at radius 3 is 2.64 bits per heavy atom. The summed E-state index contributed by atoms with van der Waals surface area (Å²) in [6.45, 7) is 5.41. The van der Waals surface area contributed by atoms with Crippen molar-refractivity contribution in [2.24, 2.45) is 5.92 Å². The Kier molecular flexibility index (Phi) is 3.34. The third-order valence-corrected chi connectivity index (χ3v) is 2.27. The Balaban J connectivity index is 2.15. The minimum atomic E-state index is -0.0891. The minimum absolute atomic E-state index is 0.0891. The van der Waals surface area contributed by atoms with E-state index in [1.165, 1.54) is 6.42 Å². The molecule has 2 heteroatoms. The first kappa shape index (κ1) is 9.01. The molecule has 66 valence electrons. The molecule has 1 fully saturated rings. The predicted molar refractivity (Wildman–Crippen MR) is 46.5 cm³/mol. The normalized spacial score (nSPS) is 31.6. The lowest BCUT2D eigenvalue weighted by Crippen LogP contribution is -2.37. The Morgan fingerprint density at radius 1 is 1.45 bits per heavy atom. The van der Waals surface area contributed by atoms with Crippen LogP contribution in [0.4, 0.5) is 0 Å². The molecule has 0 aromatic rings. The Bertz CT molecular complexity index is 114. The average Bonchev–Trinajstić information content (AvgIpc) is 2.31. The molecule has 0 bridgehead atoms. The molecule has 0 spiro atoms. The van der Waals surface area contributed by atoms with Crippen LogP contribution in [0.5, 0.6) is 0 Å². The van der Waals surface area contributed by atoms with Crippen LogP contribution in [0, 0.1) is 5.92 Å². The van der Waals surface area contributed by atoms with E-state index in [0.717, 1.165) is 19.4 Å². The highest BCUT2D eigenvalue weighted by molar-refractivity contribution is 4.82.